The molecule has 4 rings (SSSR count). The Morgan fingerprint density at radius 2 is 1.86 bits per heavy atom. The van der Waals surface area contributed by atoms with Crippen LogP contribution in [0.4, 0.5) is 0 Å². The van der Waals surface area contributed by atoms with Gasteiger partial charge in [0.05, 0.1) is 6.10 Å². The summed E-state index contributed by atoms with van der Waals surface area (Å²) in [4.78, 5) is 13.3. The lowest BCUT2D eigenvalue weighted by molar-refractivity contribution is -0.112. The van der Waals surface area contributed by atoms with Gasteiger partial charge < -0.3 is 5.11 Å². The average Bonchev–Trinajstić information content (AvgIpc) is 2.93. The smallest absolute Gasteiger partial charge is 0.182 e. The molecule has 0 aliphatic heterocycles. The van der Waals surface area contributed by atoms with Crippen molar-refractivity contribution in [1.82, 2.24) is 0 Å². The maximum atomic E-state index is 13.3. The zero-order valence-electron chi connectivity index (χ0n) is 19.4. The molecule has 0 heterocycles. The molecule has 0 bridgehead atoms. The van der Waals surface area contributed by atoms with Crippen LogP contribution >= 0.6 is 0 Å². The molecular weight excluding hydrogens is 356 g/mol. The van der Waals surface area contributed by atoms with Gasteiger partial charge in [0.25, 0.3) is 0 Å². The minimum absolute atomic E-state index is 0.0163. The molecule has 2 nitrogen and oxygen atoms in total. The number of aliphatic hydroxyl groups is 1. The third-order valence-electron chi connectivity index (χ3n) is 9.41. The molecule has 2 fully saturated rings. The van der Waals surface area contributed by atoms with Gasteiger partial charge in [-0.25, -0.2) is 0 Å². The highest BCUT2D eigenvalue weighted by atomic mass is 16.3. The first-order chi connectivity index (χ1) is 13.7. The molecule has 1 N–H and O–H groups in total. The Labute approximate surface area is 178 Å². The summed E-state index contributed by atoms with van der Waals surface area (Å²) in [5.41, 5.74) is 4.41. The van der Waals surface area contributed by atoms with Gasteiger partial charge in [0.15, 0.2) is 5.78 Å². The van der Waals surface area contributed by atoms with Gasteiger partial charge in [-0.2, -0.15) is 0 Å². The quantitative estimate of drug-likeness (QED) is 0.564. The molecule has 0 radical (unpaired) electrons. The Balaban J connectivity index is 1.61. The van der Waals surface area contributed by atoms with Crippen molar-refractivity contribution < 1.29 is 9.90 Å². The summed E-state index contributed by atoms with van der Waals surface area (Å²) < 4.78 is 0. The lowest BCUT2D eigenvalue weighted by Gasteiger charge is -2.56. The first-order valence-electron chi connectivity index (χ1n) is 12.3. The van der Waals surface area contributed by atoms with Crippen LogP contribution < -0.4 is 0 Å². The highest BCUT2D eigenvalue weighted by molar-refractivity contribution is 6.10. The number of fused-ring (bicyclic) bond motifs is 4. The van der Waals surface area contributed by atoms with Crippen LogP contribution in [0.2, 0.25) is 0 Å². The molecule has 0 aromatic rings. The van der Waals surface area contributed by atoms with Gasteiger partial charge in [-0.3, -0.25) is 4.79 Å². The van der Waals surface area contributed by atoms with E-state index in [1.54, 1.807) is 0 Å². The summed E-state index contributed by atoms with van der Waals surface area (Å²) in [7, 11) is 0. The number of ketones is 1. The van der Waals surface area contributed by atoms with E-state index in [1.165, 1.54) is 42.4 Å². The van der Waals surface area contributed by atoms with Crippen LogP contribution in [0.3, 0.4) is 0 Å². The Kier molecular flexibility index (Phi) is 5.64. The molecule has 0 unspecified atom stereocenters. The van der Waals surface area contributed by atoms with Gasteiger partial charge in [0, 0.05) is 11.0 Å². The van der Waals surface area contributed by atoms with Crippen molar-refractivity contribution in [2.45, 2.75) is 105 Å². The van der Waals surface area contributed by atoms with E-state index in [9.17, 15) is 9.90 Å². The van der Waals surface area contributed by atoms with E-state index < -0.39 is 0 Å². The Bertz CT molecular complexity index is 729. The summed E-state index contributed by atoms with van der Waals surface area (Å²) >= 11 is 0. The van der Waals surface area contributed by atoms with E-state index in [1.807, 2.05) is 6.08 Å². The summed E-state index contributed by atoms with van der Waals surface area (Å²) in [6, 6.07) is 0. The number of hydrogen-bond donors (Lipinski definition) is 1. The largest absolute Gasteiger partial charge is 0.393 e. The Morgan fingerprint density at radius 3 is 2.59 bits per heavy atom. The third-order valence-corrected chi connectivity index (χ3v) is 9.41. The second kappa shape index (κ2) is 7.66. The molecule has 2 saturated carbocycles. The average molecular weight is 399 g/mol. The highest BCUT2D eigenvalue weighted by Crippen LogP contribution is 2.64. The van der Waals surface area contributed by atoms with Crippen LogP contribution in [0.15, 0.2) is 22.8 Å². The molecule has 0 aromatic heterocycles. The Hall–Kier alpha value is -0.890. The van der Waals surface area contributed by atoms with Gasteiger partial charge in [-0.1, -0.05) is 58.6 Å². The van der Waals surface area contributed by atoms with Crippen molar-refractivity contribution in [1.29, 1.82) is 0 Å². The topological polar surface area (TPSA) is 37.3 Å². The van der Waals surface area contributed by atoms with Crippen LogP contribution in [0.1, 0.15) is 98.8 Å². The monoisotopic (exact) mass is 398 g/mol. The third kappa shape index (κ3) is 3.48. The van der Waals surface area contributed by atoms with Crippen LogP contribution in [0.25, 0.3) is 0 Å². The molecule has 0 saturated heterocycles. The summed E-state index contributed by atoms with van der Waals surface area (Å²) in [6.45, 7) is 11.8. The first kappa shape index (κ1) is 21.3. The van der Waals surface area contributed by atoms with Crippen molar-refractivity contribution in [3.8, 4) is 0 Å². The van der Waals surface area contributed by atoms with Crippen LogP contribution in [-0.4, -0.2) is 17.0 Å². The molecule has 0 amide bonds. The second-order valence-electron chi connectivity index (χ2n) is 11.7. The first-order valence-corrected chi connectivity index (χ1v) is 12.3. The van der Waals surface area contributed by atoms with E-state index in [0.29, 0.717) is 23.5 Å². The van der Waals surface area contributed by atoms with Gasteiger partial charge in [0.1, 0.15) is 0 Å². The molecule has 2 heteroatoms. The van der Waals surface area contributed by atoms with Crippen molar-refractivity contribution in [3.63, 3.8) is 0 Å². The standard InChI is InChI=1S/C27H42O2/c1-17(2)7-6-8-18(3)23-16-24(29)25-21-10-9-19-15-20(28)11-13-26(19,4)22(21)12-14-27(23,25)5/h16-20,22,28H,6-15H2,1-5H3/t18-,19+,20+,22+,26+,27-/m1/s1. The molecule has 29 heavy (non-hydrogen) atoms. The van der Waals surface area contributed by atoms with Gasteiger partial charge >= 0.3 is 0 Å². The molecule has 4 aliphatic rings. The normalized spacial score (nSPS) is 40.4. The minimum atomic E-state index is -0.107. The molecular formula is C27H42O2. The predicted octanol–water partition coefficient (Wildman–Crippen LogP) is 6.63. The number of aliphatic hydroxyl groups excluding tert-OH is 1. The van der Waals surface area contributed by atoms with Crippen LogP contribution in [0.5, 0.6) is 0 Å². The SMILES string of the molecule is CC(C)CCC[C@@H](C)C1=CC(=O)C2=C3CC[C@H]4C[C@@H](O)CC[C@]4(C)[C@H]3CC[C@]12C. The fourth-order valence-electron chi connectivity index (χ4n) is 7.69. The van der Waals surface area contributed by atoms with Crippen LogP contribution in [-0.2, 0) is 4.79 Å². The molecule has 6 atom stereocenters. The Morgan fingerprint density at radius 1 is 1.10 bits per heavy atom. The maximum absolute atomic E-state index is 13.3. The molecule has 0 spiro atoms. The molecule has 162 valence electrons. The number of rotatable bonds is 5. The molecule has 0 aromatic carbocycles. The number of allylic oxidation sites excluding steroid dienone is 4. The fourth-order valence-corrected chi connectivity index (χ4v) is 7.69. The van der Waals surface area contributed by atoms with E-state index >= 15 is 0 Å². The van der Waals surface area contributed by atoms with Crippen molar-refractivity contribution in [2.75, 3.05) is 0 Å². The van der Waals surface area contributed by atoms with Gasteiger partial charge in [-0.05, 0) is 86.5 Å². The van der Waals surface area contributed by atoms with E-state index in [4.69, 9.17) is 0 Å². The van der Waals surface area contributed by atoms with Crippen molar-refractivity contribution >= 4 is 5.78 Å². The number of carbonyl (C=O) groups is 1. The van der Waals surface area contributed by atoms with Gasteiger partial charge in [-0.15, -0.1) is 0 Å². The number of hydrogen-bond acceptors (Lipinski definition) is 2. The fraction of sp³-hybridized carbons (Fsp3) is 0.815. The second-order valence-corrected chi connectivity index (χ2v) is 11.7. The number of carbonyl (C=O) groups excluding carboxylic acids is 1. The predicted molar refractivity (Wildman–Crippen MR) is 119 cm³/mol. The zero-order chi connectivity index (χ0) is 21.0. The van der Waals surface area contributed by atoms with Gasteiger partial charge in [0.2, 0.25) is 0 Å². The van der Waals surface area contributed by atoms with Crippen LogP contribution in [0, 0.1) is 34.5 Å². The van der Waals surface area contributed by atoms with Crippen molar-refractivity contribution in [2.24, 2.45) is 34.5 Å². The van der Waals surface area contributed by atoms with E-state index in [0.717, 1.165) is 44.4 Å². The van der Waals surface area contributed by atoms with E-state index in [2.05, 4.69) is 34.6 Å². The summed E-state index contributed by atoms with van der Waals surface area (Å²) in [6.07, 6.45) is 13.3. The zero-order valence-corrected chi connectivity index (χ0v) is 19.4. The lowest BCUT2D eigenvalue weighted by atomic mass is 9.49. The minimum Gasteiger partial charge on any atom is -0.393 e. The van der Waals surface area contributed by atoms with Crippen molar-refractivity contribution in [3.05, 3.63) is 22.8 Å². The van der Waals surface area contributed by atoms with E-state index in [-0.39, 0.29) is 16.9 Å². The lowest BCUT2D eigenvalue weighted by Crippen LogP contribution is -2.48. The molecule has 4 aliphatic carbocycles. The summed E-state index contributed by atoms with van der Waals surface area (Å²) in [5, 5.41) is 10.2. The summed E-state index contributed by atoms with van der Waals surface area (Å²) in [5.74, 6) is 2.79. The highest BCUT2D eigenvalue weighted by Gasteiger charge is 2.55. The maximum Gasteiger partial charge on any atom is 0.182 e.